The molecule has 0 bridgehead atoms. The molecule has 0 aliphatic heterocycles. The Morgan fingerprint density at radius 1 is 0.966 bits per heavy atom. The van der Waals surface area contributed by atoms with Gasteiger partial charge in [-0.05, 0) is 68.3 Å². The van der Waals surface area contributed by atoms with Gasteiger partial charge < -0.3 is 15.4 Å². The highest BCUT2D eigenvalue weighted by Gasteiger charge is 2.13. The predicted molar refractivity (Wildman–Crippen MR) is 112 cm³/mol. The van der Waals surface area contributed by atoms with E-state index in [9.17, 15) is 9.59 Å². The molecular weight excluding hydrogens is 368 g/mol. The van der Waals surface area contributed by atoms with Gasteiger partial charge in [0, 0.05) is 5.69 Å². The van der Waals surface area contributed by atoms with Crippen molar-refractivity contribution in [3.8, 4) is 0 Å². The van der Waals surface area contributed by atoms with Crippen molar-refractivity contribution in [3.05, 3.63) is 77.0 Å². The topological polar surface area (TPSA) is 93.2 Å². The maximum absolute atomic E-state index is 12.4. The molecule has 1 aromatic heterocycles. The minimum Gasteiger partial charge on any atom is -0.462 e. The number of carbonyl (C=O) groups is 2. The number of benzene rings is 2. The zero-order valence-electron chi connectivity index (χ0n) is 16.5. The zero-order valence-corrected chi connectivity index (χ0v) is 16.5. The Bertz CT molecular complexity index is 1030. The number of nitrogens with one attached hydrogen (secondary N) is 2. The lowest BCUT2D eigenvalue weighted by Gasteiger charge is -2.11. The number of anilines is 3. The molecule has 1 amide bonds. The Morgan fingerprint density at radius 3 is 2.45 bits per heavy atom. The highest BCUT2D eigenvalue weighted by atomic mass is 16.5. The first kappa shape index (κ1) is 20.0. The van der Waals surface area contributed by atoms with E-state index in [1.54, 1.807) is 43.3 Å². The average molecular weight is 390 g/mol. The summed E-state index contributed by atoms with van der Waals surface area (Å²) in [4.78, 5) is 24.5. The lowest BCUT2D eigenvalue weighted by molar-refractivity contribution is 0.0527. The van der Waals surface area contributed by atoms with Crippen molar-refractivity contribution in [2.24, 2.45) is 0 Å². The first-order chi connectivity index (χ1) is 14.0. The van der Waals surface area contributed by atoms with Crippen molar-refractivity contribution in [3.63, 3.8) is 0 Å². The van der Waals surface area contributed by atoms with Crippen LogP contribution < -0.4 is 10.6 Å². The van der Waals surface area contributed by atoms with E-state index < -0.39 is 5.97 Å². The summed E-state index contributed by atoms with van der Waals surface area (Å²) < 4.78 is 5.06. The number of amides is 1. The highest BCUT2D eigenvalue weighted by Crippen LogP contribution is 2.20. The van der Waals surface area contributed by atoms with E-state index in [0.29, 0.717) is 22.8 Å². The summed E-state index contributed by atoms with van der Waals surface area (Å²) in [5.41, 5.74) is 4.08. The number of rotatable bonds is 6. The van der Waals surface area contributed by atoms with Crippen LogP contribution in [0.4, 0.5) is 17.2 Å². The van der Waals surface area contributed by atoms with Crippen LogP contribution in [-0.4, -0.2) is 28.7 Å². The Morgan fingerprint density at radius 2 is 1.76 bits per heavy atom. The largest absolute Gasteiger partial charge is 0.462 e. The normalized spacial score (nSPS) is 10.3. The third kappa shape index (κ3) is 4.95. The molecule has 3 rings (SSSR count). The molecule has 0 saturated carbocycles. The van der Waals surface area contributed by atoms with Crippen LogP contribution >= 0.6 is 0 Å². The minimum atomic E-state index is -0.423. The summed E-state index contributed by atoms with van der Waals surface area (Å²) in [7, 11) is 0. The molecule has 0 aliphatic carbocycles. The van der Waals surface area contributed by atoms with Crippen molar-refractivity contribution >= 4 is 29.1 Å². The van der Waals surface area contributed by atoms with Gasteiger partial charge in [0.05, 0.1) is 17.9 Å². The van der Waals surface area contributed by atoms with E-state index in [1.165, 1.54) is 0 Å². The smallest absolute Gasteiger partial charge is 0.340 e. The molecule has 3 aromatic rings. The van der Waals surface area contributed by atoms with Gasteiger partial charge in [-0.25, -0.2) is 4.79 Å². The van der Waals surface area contributed by atoms with Gasteiger partial charge >= 0.3 is 5.97 Å². The van der Waals surface area contributed by atoms with Crippen molar-refractivity contribution < 1.29 is 14.3 Å². The Labute approximate surface area is 169 Å². The first-order valence-corrected chi connectivity index (χ1v) is 9.23. The van der Waals surface area contributed by atoms with Crippen molar-refractivity contribution in [2.45, 2.75) is 20.8 Å². The summed E-state index contributed by atoms with van der Waals surface area (Å²) in [6.45, 7) is 6.04. The predicted octanol–water partition coefficient (Wildman–Crippen LogP) is 4.27. The Hall–Kier alpha value is -3.74. The van der Waals surface area contributed by atoms with E-state index in [-0.39, 0.29) is 18.2 Å². The van der Waals surface area contributed by atoms with Gasteiger partial charge in [-0.3, -0.25) is 4.79 Å². The van der Waals surface area contributed by atoms with Crippen LogP contribution in [0.2, 0.25) is 0 Å². The van der Waals surface area contributed by atoms with Crippen molar-refractivity contribution in [1.29, 1.82) is 0 Å². The fourth-order valence-electron chi connectivity index (χ4n) is 2.65. The molecular formula is C22H22N4O3. The Kier molecular flexibility index (Phi) is 6.19. The van der Waals surface area contributed by atoms with Crippen LogP contribution in [-0.2, 0) is 4.74 Å². The van der Waals surface area contributed by atoms with E-state index in [1.807, 2.05) is 32.0 Å². The fraction of sp³-hybridized carbons (Fsp3) is 0.182. The second-order valence-electron chi connectivity index (χ2n) is 6.45. The van der Waals surface area contributed by atoms with Crippen LogP contribution in [0.15, 0.2) is 54.6 Å². The van der Waals surface area contributed by atoms with E-state index >= 15 is 0 Å². The first-order valence-electron chi connectivity index (χ1n) is 9.23. The zero-order chi connectivity index (χ0) is 20.8. The Balaban J connectivity index is 1.71. The van der Waals surface area contributed by atoms with E-state index in [4.69, 9.17) is 4.74 Å². The molecule has 0 fully saturated rings. The van der Waals surface area contributed by atoms with Crippen LogP contribution in [0, 0.1) is 13.8 Å². The molecule has 2 N–H and O–H groups in total. The number of hydrogen-bond donors (Lipinski definition) is 2. The van der Waals surface area contributed by atoms with Crippen molar-refractivity contribution in [1.82, 2.24) is 10.2 Å². The number of aromatic nitrogens is 2. The number of esters is 1. The minimum absolute atomic E-state index is 0.187. The molecule has 0 atom stereocenters. The lowest BCUT2D eigenvalue weighted by atomic mass is 10.1. The highest BCUT2D eigenvalue weighted by molar-refractivity contribution is 6.03. The number of para-hydroxylation sites is 1. The summed E-state index contributed by atoms with van der Waals surface area (Å²) in [5.74, 6) is -0.364. The van der Waals surface area contributed by atoms with E-state index in [2.05, 4.69) is 20.8 Å². The molecule has 7 heteroatoms. The summed E-state index contributed by atoms with van der Waals surface area (Å²) in [6.07, 6.45) is 0. The van der Waals surface area contributed by atoms with Crippen LogP contribution in [0.25, 0.3) is 0 Å². The third-order valence-corrected chi connectivity index (χ3v) is 4.35. The molecule has 0 radical (unpaired) electrons. The van der Waals surface area contributed by atoms with E-state index in [0.717, 1.165) is 11.1 Å². The van der Waals surface area contributed by atoms with Gasteiger partial charge in [0.1, 0.15) is 0 Å². The molecule has 1 heterocycles. The summed E-state index contributed by atoms with van der Waals surface area (Å²) >= 11 is 0. The van der Waals surface area contributed by atoms with Gasteiger partial charge in [0.25, 0.3) is 5.91 Å². The lowest BCUT2D eigenvalue weighted by Crippen LogP contribution is -2.15. The van der Waals surface area contributed by atoms with Gasteiger partial charge in [-0.15, -0.1) is 10.2 Å². The van der Waals surface area contributed by atoms with Crippen LogP contribution in [0.1, 0.15) is 38.9 Å². The summed E-state index contributed by atoms with van der Waals surface area (Å²) in [5, 5.41) is 13.9. The second-order valence-corrected chi connectivity index (χ2v) is 6.45. The molecule has 0 spiro atoms. The van der Waals surface area contributed by atoms with Crippen molar-refractivity contribution in [2.75, 3.05) is 17.2 Å². The molecule has 7 nitrogen and oxygen atoms in total. The number of carbonyl (C=O) groups excluding carboxylic acids is 2. The second kappa shape index (κ2) is 8.97. The van der Waals surface area contributed by atoms with Gasteiger partial charge in [-0.1, -0.05) is 18.2 Å². The van der Waals surface area contributed by atoms with Crippen LogP contribution in [0.5, 0.6) is 0 Å². The SMILES string of the molecule is CCOC(=O)c1ccccc1Nc1ccc(C(=O)Nc2ccc(C)c(C)c2)nn1. The molecule has 29 heavy (non-hydrogen) atoms. The maximum atomic E-state index is 12.4. The molecule has 0 aliphatic rings. The fourth-order valence-corrected chi connectivity index (χ4v) is 2.65. The molecule has 0 saturated heterocycles. The number of hydrogen-bond acceptors (Lipinski definition) is 6. The monoisotopic (exact) mass is 390 g/mol. The average Bonchev–Trinajstić information content (AvgIpc) is 2.72. The molecule has 148 valence electrons. The number of aryl methyl sites for hydroxylation is 2. The summed E-state index contributed by atoms with van der Waals surface area (Å²) in [6, 6.07) is 15.9. The quantitative estimate of drug-likeness (QED) is 0.611. The maximum Gasteiger partial charge on any atom is 0.340 e. The standard InChI is InChI=1S/C22H22N4O3/c1-4-29-22(28)17-7-5-6-8-18(17)24-20-12-11-19(25-26-20)21(27)23-16-10-9-14(2)15(3)13-16/h5-13H,4H2,1-3H3,(H,23,27)(H,24,26). The number of nitrogens with zero attached hydrogens (tertiary/aromatic N) is 2. The molecule has 0 unspecified atom stereocenters. The van der Waals surface area contributed by atoms with Gasteiger partial charge in [0.15, 0.2) is 11.5 Å². The van der Waals surface area contributed by atoms with Crippen LogP contribution in [0.3, 0.4) is 0 Å². The third-order valence-electron chi connectivity index (χ3n) is 4.35. The number of ether oxygens (including phenoxy) is 1. The van der Waals surface area contributed by atoms with Gasteiger partial charge in [-0.2, -0.15) is 0 Å². The van der Waals surface area contributed by atoms with Gasteiger partial charge in [0.2, 0.25) is 0 Å². The molecule has 2 aromatic carbocycles.